The Morgan fingerprint density at radius 3 is 2.46 bits per heavy atom. The number of urea groups is 1. The molecule has 3 rings (SSSR count). The fourth-order valence-electron chi connectivity index (χ4n) is 2.99. The maximum absolute atomic E-state index is 14.4. The van der Waals surface area contributed by atoms with E-state index in [1.54, 1.807) is 0 Å². The van der Waals surface area contributed by atoms with E-state index in [-0.39, 0.29) is 23.5 Å². The van der Waals surface area contributed by atoms with Gasteiger partial charge in [-0.05, 0) is 12.1 Å². The molecule has 2 aromatic carbocycles. The van der Waals surface area contributed by atoms with Crippen LogP contribution in [-0.2, 0) is 4.79 Å². The largest absolute Gasteiger partial charge is 0.505 e. The molecule has 1 aliphatic rings. The summed E-state index contributed by atoms with van der Waals surface area (Å²) in [4.78, 5) is 24.2. The average Bonchev–Trinajstić information content (AvgIpc) is 2.98. The van der Waals surface area contributed by atoms with Crippen LogP contribution in [0, 0.1) is 17.5 Å². The molecule has 0 radical (unpaired) electrons. The van der Waals surface area contributed by atoms with Crippen molar-refractivity contribution in [1.29, 1.82) is 0 Å². The molecule has 3 amide bonds. The predicted octanol–water partition coefficient (Wildman–Crippen LogP) is 2.22. The van der Waals surface area contributed by atoms with Crippen molar-refractivity contribution >= 4 is 17.6 Å². The van der Waals surface area contributed by atoms with Crippen LogP contribution in [0.4, 0.5) is 23.7 Å². The molecule has 4 N–H and O–H groups in total. The third-order valence-corrected chi connectivity index (χ3v) is 4.33. The fraction of sp³-hybridized carbons (Fsp3) is 0.222. The second kappa shape index (κ2) is 7.67. The van der Waals surface area contributed by atoms with Crippen molar-refractivity contribution in [3.63, 3.8) is 0 Å². The van der Waals surface area contributed by atoms with Crippen molar-refractivity contribution in [1.82, 2.24) is 10.6 Å². The number of carbonyl (C=O) groups is 2. The number of benzene rings is 2. The molecular weight excluding hydrogens is 379 g/mol. The molecule has 10 heteroatoms. The molecule has 28 heavy (non-hydrogen) atoms. The Morgan fingerprint density at radius 2 is 1.86 bits per heavy atom. The highest BCUT2D eigenvalue weighted by atomic mass is 19.1. The third kappa shape index (κ3) is 3.80. The molecule has 2 atom stereocenters. The number of nitrogens with one attached hydrogen (secondary N) is 3. The topological polar surface area (TPSA) is 99.7 Å². The van der Waals surface area contributed by atoms with Crippen molar-refractivity contribution in [3.8, 4) is 11.5 Å². The first-order chi connectivity index (χ1) is 13.3. The lowest BCUT2D eigenvalue weighted by atomic mass is 9.93. The molecule has 1 heterocycles. The van der Waals surface area contributed by atoms with Gasteiger partial charge in [0.2, 0.25) is 5.91 Å². The number of rotatable bonds is 4. The molecular formula is C18H16F3N3O4. The molecule has 2 aromatic rings. The molecule has 0 aliphatic carbocycles. The Balaban J connectivity index is 1.79. The smallest absolute Gasteiger partial charge is 0.319 e. The second-order valence-corrected chi connectivity index (χ2v) is 6.10. The average molecular weight is 395 g/mol. The highest BCUT2D eigenvalue weighted by Crippen LogP contribution is 2.31. The molecule has 1 aliphatic heterocycles. The second-order valence-electron chi connectivity index (χ2n) is 6.10. The van der Waals surface area contributed by atoms with E-state index in [1.165, 1.54) is 13.2 Å². The number of hydrogen-bond donors (Lipinski definition) is 4. The van der Waals surface area contributed by atoms with E-state index in [0.29, 0.717) is 0 Å². The summed E-state index contributed by atoms with van der Waals surface area (Å²) in [7, 11) is 1.26. The minimum absolute atomic E-state index is 0.0191. The summed E-state index contributed by atoms with van der Waals surface area (Å²) in [5, 5.41) is 16.4. The van der Waals surface area contributed by atoms with Gasteiger partial charge in [-0.15, -0.1) is 0 Å². The first kappa shape index (κ1) is 19.3. The van der Waals surface area contributed by atoms with E-state index < -0.39 is 47.1 Å². The molecule has 1 saturated heterocycles. The van der Waals surface area contributed by atoms with Crippen LogP contribution in [0.2, 0.25) is 0 Å². The van der Waals surface area contributed by atoms with Crippen molar-refractivity contribution in [2.45, 2.75) is 12.0 Å². The van der Waals surface area contributed by atoms with E-state index in [9.17, 15) is 27.9 Å². The summed E-state index contributed by atoms with van der Waals surface area (Å²) in [5.41, 5.74) is -0.294. The summed E-state index contributed by atoms with van der Waals surface area (Å²) in [5.74, 6) is -4.98. The van der Waals surface area contributed by atoms with Gasteiger partial charge < -0.3 is 25.8 Å². The number of phenols is 1. The van der Waals surface area contributed by atoms with E-state index >= 15 is 0 Å². The fourth-order valence-corrected chi connectivity index (χ4v) is 2.99. The van der Waals surface area contributed by atoms with Crippen LogP contribution in [0.5, 0.6) is 11.5 Å². The number of anilines is 1. The zero-order chi connectivity index (χ0) is 20.4. The number of amides is 3. The molecule has 148 valence electrons. The summed E-state index contributed by atoms with van der Waals surface area (Å²) in [6.07, 6.45) is 0. The Kier molecular flexibility index (Phi) is 5.30. The zero-order valence-electron chi connectivity index (χ0n) is 14.6. The van der Waals surface area contributed by atoms with E-state index in [0.717, 1.165) is 24.3 Å². The predicted molar refractivity (Wildman–Crippen MR) is 92.7 cm³/mol. The van der Waals surface area contributed by atoms with E-state index in [1.807, 2.05) is 0 Å². The molecule has 0 aromatic heterocycles. The Morgan fingerprint density at radius 1 is 1.18 bits per heavy atom. The monoisotopic (exact) mass is 395 g/mol. The van der Waals surface area contributed by atoms with Gasteiger partial charge in [-0.2, -0.15) is 0 Å². The van der Waals surface area contributed by atoms with Crippen LogP contribution in [0.25, 0.3) is 0 Å². The van der Waals surface area contributed by atoms with Crippen molar-refractivity contribution in [3.05, 3.63) is 53.3 Å². The molecule has 1 fully saturated rings. The number of halogens is 3. The molecule has 0 unspecified atom stereocenters. The summed E-state index contributed by atoms with van der Waals surface area (Å²) in [6.45, 7) is -0.0821. The van der Waals surface area contributed by atoms with Gasteiger partial charge in [0.1, 0.15) is 23.4 Å². The quantitative estimate of drug-likeness (QED) is 0.638. The van der Waals surface area contributed by atoms with Gasteiger partial charge in [0.05, 0.1) is 7.11 Å². The lowest BCUT2D eigenvalue weighted by molar-refractivity contribution is -0.120. The van der Waals surface area contributed by atoms with Crippen LogP contribution in [0.1, 0.15) is 11.5 Å². The molecule has 7 nitrogen and oxygen atoms in total. The normalized spacial score (nSPS) is 18.5. The van der Waals surface area contributed by atoms with Gasteiger partial charge in [-0.3, -0.25) is 4.79 Å². The third-order valence-electron chi connectivity index (χ3n) is 4.33. The van der Waals surface area contributed by atoms with E-state index in [4.69, 9.17) is 4.74 Å². The summed E-state index contributed by atoms with van der Waals surface area (Å²) < 4.78 is 46.6. The van der Waals surface area contributed by atoms with Gasteiger partial charge in [0.25, 0.3) is 0 Å². The van der Waals surface area contributed by atoms with Crippen LogP contribution in [0.3, 0.4) is 0 Å². The van der Waals surface area contributed by atoms with Gasteiger partial charge in [0.15, 0.2) is 11.6 Å². The van der Waals surface area contributed by atoms with Gasteiger partial charge in [0, 0.05) is 41.9 Å². The highest BCUT2D eigenvalue weighted by Gasteiger charge is 2.40. The number of ether oxygens (including phenoxy) is 1. The van der Waals surface area contributed by atoms with Crippen LogP contribution < -0.4 is 20.7 Å². The van der Waals surface area contributed by atoms with E-state index in [2.05, 4.69) is 16.0 Å². The van der Waals surface area contributed by atoms with Crippen molar-refractivity contribution in [2.75, 3.05) is 19.0 Å². The van der Waals surface area contributed by atoms with Gasteiger partial charge in [-0.1, -0.05) is 0 Å². The molecule has 0 bridgehead atoms. The lowest BCUT2D eigenvalue weighted by Gasteiger charge is -2.20. The maximum atomic E-state index is 14.4. The van der Waals surface area contributed by atoms with Crippen LogP contribution >= 0.6 is 0 Å². The maximum Gasteiger partial charge on any atom is 0.319 e. The molecule has 0 spiro atoms. The van der Waals surface area contributed by atoms with Gasteiger partial charge >= 0.3 is 6.03 Å². The molecule has 0 saturated carbocycles. The Hall–Kier alpha value is -3.43. The van der Waals surface area contributed by atoms with Crippen molar-refractivity contribution in [2.24, 2.45) is 0 Å². The number of phenolic OH excluding ortho intramolecular Hbond substituents is 1. The van der Waals surface area contributed by atoms with Crippen LogP contribution in [0.15, 0.2) is 30.3 Å². The Bertz CT molecular complexity index is 915. The highest BCUT2D eigenvalue weighted by molar-refractivity contribution is 5.95. The number of hydrogen-bond acceptors (Lipinski definition) is 4. The van der Waals surface area contributed by atoms with Crippen LogP contribution in [-0.4, -0.2) is 36.7 Å². The number of carbonyl (C=O) groups excluding carboxylic acids is 2. The standard InChI is InChI=1S/C18H16F3N3O4/c1-28-9-5-12(20)15(13(21)6-9)10-7-22-17(26)16(10)24-18(27)23-8-2-3-11(19)14(25)4-8/h2-6,10,16,25H,7H2,1H3,(H,22,26)(H2,23,24,27)/t10-,16-/m0/s1. The van der Waals surface area contributed by atoms with Crippen molar-refractivity contribution < 1.29 is 32.6 Å². The summed E-state index contributed by atoms with van der Waals surface area (Å²) in [6, 6.07) is 2.98. The van der Waals surface area contributed by atoms with Gasteiger partial charge in [-0.25, -0.2) is 18.0 Å². The number of aromatic hydroxyl groups is 1. The zero-order valence-corrected chi connectivity index (χ0v) is 14.6. The summed E-state index contributed by atoms with van der Waals surface area (Å²) >= 11 is 0. The first-order valence-electron chi connectivity index (χ1n) is 8.17. The Labute approximate surface area is 157 Å². The SMILES string of the molecule is COc1cc(F)c([C@@H]2CNC(=O)[C@H]2NC(=O)Nc2ccc(F)c(O)c2)c(F)c1. The first-order valence-corrected chi connectivity index (χ1v) is 8.17. The number of methoxy groups -OCH3 is 1. The minimum atomic E-state index is -1.24. The minimum Gasteiger partial charge on any atom is -0.505 e. The lowest BCUT2D eigenvalue weighted by Crippen LogP contribution is -2.45.